The molecule has 0 bridgehead atoms. The number of amides is 1. The zero-order valence-corrected chi connectivity index (χ0v) is 14.0. The minimum atomic E-state index is -0.0192. The van der Waals surface area contributed by atoms with Crippen molar-refractivity contribution in [3.63, 3.8) is 0 Å². The van der Waals surface area contributed by atoms with E-state index in [1.807, 2.05) is 48.5 Å². The third-order valence-electron chi connectivity index (χ3n) is 4.46. The van der Waals surface area contributed by atoms with E-state index >= 15 is 0 Å². The number of rotatable bonds is 4. The van der Waals surface area contributed by atoms with E-state index in [1.165, 1.54) is 0 Å². The molecule has 5 heteroatoms. The van der Waals surface area contributed by atoms with E-state index in [0.717, 1.165) is 40.8 Å². The summed E-state index contributed by atoms with van der Waals surface area (Å²) in [4.78, 5) is 16.2. The fourth-order valence-electron chi connectivity index (χ4n) is 3.26. The standard InChI is InChI=1S/C20H19N3O2/c1-2-6-14-12-18(24)22-23-19(14)15-9-10-16-17(11-15)25-20(21-16)13-7-4-3-5-8-13/h3-5,7-11,14H,2,6,12H2,1H3,(H,22,24). The minimum absolute atomic E-state index is 0.0192. The molecule has 126 valence electrons. The maximum Gasteiger partial charge on any atom is 0.240 e. The molecule has 1 aromatic heterocycles. The van der Waals surface area contributed by atoms with E-state index in [2.05, 4.69) is 22.4 Å². The van der Waals surface area contributed by atoms with Crippen molar-refractivity contribution in [3.05, 3.63) is 54.1 Å². The second kappa shape index (κ2) is 6.51. The van der Waals surface area contributed by atoms with Gasteiger partial charge in [-0.05, 0) is 30.7 Å². The highest BCUT2D eigenvalue weighted by Crippen LogP contribution is 2.27. The maximum absolute atomic E-state index is 11.7. The van der Waals surface area contributed by atoms with Crippen molar-refractivity contribution in [1.29, 1.82) is 0 Å². The molecule has 5 nitrogen and oxygen atoms in total. The van der Waals surface area contributed by atoms with E-state index in [9.17, 15) is 4.79 Å². The van der Waals surface area contributed by atoms with Gasteiger partial charge >= 0.3 is 0 Å². The zero-order chi connectivity index (χ0) is 17.2. The summed E-state index contributed by atoms with van der Waals surface area (Å²) in [6, 6.07) is 15.8. The molecule has 1 unspecified atom stereocenters. The van der Waals surface area contributed by atoms with Crippen molar-refractivity contribution in [2.24, 2.45) is 11.0 Å². The van der Waals surface area contributed by atoms with Crippen LogP contribution in [-0.2, 0) is 4.79 Å². The molecule has 1 N–H and O–H groups in total. The van der Waals surface area contributed by atoms with Crippen LogP contribution in [0.4, 0.5) is 0 Å². The molecule has 1 aliphatic rings. The van der Waals surface area contributed by atoms with Gasteiger partial charge in [0.05, 0.1) is 5.71 Å². The molecule has 0 saturated heterocycles. The zero-order valence-electron chi connectivity index (χ0n) is 14.0. The summed E-state index contributed by atoms with van der Waals surface area (Å²) in [7, 11) is 0. The number of fused-ring (bicyclic) bond motifs is 1. The van der Waals surface area contributed by atoms with Gasteiger partial charge in [-0.2, -0.15) is 5.10 Å². The van der Waals surface area contributed by atoms with E-state index in [-0.39, 0.29) is 11.8 Å². The number of hydrogen-bond donors (Lipinski definition) is 1. The summed E-state index contributed by atoms with van der Waals surface area (Å²) >= 11 is 0. The summed E-state index contributed by atoms with van der Waals surface area (Å²) in [5, 5.41) is 4.31. The predicted molar refractivity (Wildman–Crippen MR) is 97.1 cm³/mol. The van der Waals surface area contributed by atoms with Crippen LogP contribution in [0.3, 0.4) is 0 Å². The molecule has 3 aromatic rings. The first-order chi connectivity index (χ1) is 12.2. The van der Waals surface area contributed by atoms with Crippen molar-refractivity contribution in [2.45, 2.75) is 26.2 Å². The van der Waals surface area contributed by atoms with Crippen molar-refractivity contribution in [3.8, 4) is 11.5 Å². The number of nitrogens with one attached hydrogen (secondary N) is 1. The molecule has 1 aliphatic heterocycles. The van der Waals surface area contributed by atoms with Gasteiger partial charge in [-0.25, -0.2) is 10.4 Å². The van der Waals surface area contributed by atoms with Crippen LogP contribution in [0.25, 0.3) is 22.6 Å². The first-order valence-electron chi connectivity index (χ1n) is 8.57. The maximum atomic E-state index is 11.7. The smallest absolute Gasteiger partial charge is 0.240 e. The van der Waals surface area contributed by atoms with Crippen LogP contribution >= 0.6 is 0 Å². The lowest BCUT2D eigenvalue weighted by atomic mass is 9.89. The second-order valence-corrected chi connectivity index (χ2v) is 6.29. The number of nitrogens with zero attached hydrogens (tertiary/aromatic N) is 2. The van der Waals surface area contributed by atoms with Crippen LogP contribution in [0.2, 0.25) is 0 Å². The summed E-state index contributed by atoms with van der Waals surface area (Å²) in [6.07, 6.45) is 2.44. The molecule has 4 rings (SSSR count). The number of carbonyl (C=O) groups excluding carboxylic acids is 1. The average molecular weight is 333 g/mol. The Morgan fingerprint density at radius 3 is 2.80 bits per heavy atom. The summed E-state index contributed by atoms with van der Waals surface area (Å²) in [5.41, 5.74) is 6.99. The highest BCUT2D eigenvalue weighted by atomic mass is 16.3. The normalized spacial score (nSPS) is 17.4. The Morgan fingerprint density at radius 2 is 2.00 bits per heavy atom. The van der Waals surface area contributed by atoms with Gasteiger partial charge in [0, 0.05) is 23.5 Å². The quantitative estimate of drug-likeness (QED) is 0.780. The first-order valence-corrected chi connectivity index (χ1v) is 8.57. The fraction of sp³-hybridized carbons (Fsp3) is 0.250. The molecule has 0 spiro atoms. The number of benzene rings is 2. The second-order valence-electron chi connectivity index (χ2n) is 6.29. The lowest BCUT2D eigenvalue weighted by molar-refractivity contribution is -0.122. The molecule has 1 atom stereocenters. The van der Waals surface area contributed by atoms with Crippen LogP contribution in [0.15, 0.2) is 58.0 Å². The Kier molecular flexibility index (Phi) is 4.06. The average Bonchev–Trinajstić information content (AvgIpc) is 3.06. The highest BCUT2D eigenvalue weighted by molar-refractivity contribution is 6.07. The lowest BCUT2D eigenvalue weighted by Crippen LogP contribution is -2.33. The summed E-state index contributed by atoms with van der Waals surface area (Å²) < 4.78 is 5.95. The van der Waals surface area contributed by atoms with Crippen molar-refractivity contribution >= 4 is 22.7 Å². The summed E-state index contributed by atoms with van der Waals surface area (Å²) in [6.45, 7) is 2.12. The minimum Gasteiger partial charge on any atom is -0.436 e. The molecular formula is C20H19N3O2. The Balaban J connectivity index is 1.72. The Morgan fingerprint density at radius 1 is 1.16 bits per heavy atom. The summed E-state index contributed by atoms with van der Waals surface area (Å²) in [5.74, 6) is 0.735. The van der Waals surface area contributed by atoms with E-state index in [1.54, 1.807) is 0 Å². The number of oxazole rings is 1. The Bertz CT molecular complexity index is 944. The van der Waals surface area contributed by atoms with Gasteiger partial charge in [0.1, 0.15) is 5.52 Å². The number of aromatic nitrogens is 1. The molecule has 0 fully saturated rings. The third kappa shape index (κ3) is 3.05. The topological polar surface area (TPSA) is 67.5 Å². The van der Waals surface area contributed by atoms with Gasteiger partial charge in [0.25, 0.3) is 0 Å². The molecule has 0 aliphatic carbocycles. The number of carbonyl (C=O) groups is 1. The van der Waals surface area contributed by atoms with E-state index < -0.39 is 0 Å². The molecule has 1 amide bonds. The van der Waals surface area contributed by atoms with Crippen LogP contribution < -0.4 is 5.43 Å². The van der Waals surface area contributed by atoms with Gasteiger partial charge in [-0.1, -0.05) is 37.6 Å². The molecule has 2 aromatic carbocycles. The third-order valence-corrected chi connectivity index (χ3v) is 4.46. The van der Waals surface area contributed by atoms with Crippen LogP contribution in [0.1, 0.15) is 31.7 Å². The largest absolute Gasteiger partial charge is 0.436 e. The monoisotopic (exact) mass is 333 g/mol. The van der Waals surface area contributed by atoms with Crippen LogP contribution in [0.5, 0.6) is 0 Å². The van der Waals surface area contributed by atoms with Crippen molar-refractivity contribution in [2.75, 3.05) is 0 Å². The van der Waals surface area contributed by atoms with Crippen LogP contribution in [-0.4, -0.2) is 16.6 Å². The highest BCUT2D eigenvalue weighted by Gasteiger charge is 2.25. The molecule has 25 heavy (non-hydrogen) atoms. The van der Waals surface area contributed by atoms with Gasteiger partial charge in [0.15, 0.2) is 5.58 Å². The molecular weight excluding hydrogens is 314 g/mol. The SMILES string of the molecule is CCCC1CC(=O)NN=C1c1ccc2nc(-c3ccccc3)oc2c1. The first kappa shape index (κ1) is 15.6. The van der Waals surface area contributed by atoms with E-state index in [0.29, 0.717) is 12.3 Å². The molecule has 0 radical (unpaired) electrons. The van der Waals surface area contributed by atoms with Crippen molar-refractivity contribution < 1.29 is 9.21 Å². The van der Waals surface area contributed by atoms with Gasteiger partial charge in [0.2, 0.25) is 11.8 Å². The van der Waals surface area contributed by atoms with Gasteiger partial charge < -0.3 is 4.42 Å². The van der Waals surface area contributed by atoms with Gasteiger partial charge in [-0.15, -0.1) is 0 Å². The number of hydrazone groups is 1. The Hall–Kier alpha value is -2.95. The van der Waals surface area contributed by atoms with Crippen molar-refractivity contribution in [1.82, 2.24) is 10.4 Å². The fourth-order valence-corrected chi connectivity index (χ4v) is 3.26. The van der Waals surface area contributed by atoms with E-state index in [4.69, 9.17) is 4.42 Å². The Labute approximate surface area is 145 Å². The van der Waals surface area contributed by atoms with Gasteiger partial charge in [-0.3, -0.25) is 4.79 Å². The predicted octanol–water partition coefficient (Wildman–Crippen LogP) is 4.14. The van der Waals surface area contributed by atoms with Crippen LogP contribution in [0, 0.1) is 5.92 Å². The molecule has 2 heterocycles. The molecule has 0 saturated carbocycles. The number of hydrogen-bond acceptors (Lipinski definition) is 4. The lowest BCUT2D eigenvalue weighted by Gasteiger charge is -2.22.